The molecule has 0 aliphatic rings. The van der Waals surface area contributed by atoms with Crippen LogP contribution in [0.1, 0.15) is 0 Å². The molecule has 3 aromatic rings. The number of pyridine rings is 1. The van der Waals surface area contributed by atoms with Crippen molar-refractivity contribution in [1.82, 2.24) is 9.38 Å². The first-order valence-electron chi connectivity index (χ1n) is 5.78. The third-order valence-corrected chi connectivity index (χ3v) is 3.32. The van der Waals surface area contributed by atoms with Gasteiger partial charge in [0, 0.05) is 29.5 Å². The van der Waals surface area contributed by atoms with Crippen molar-refractivity contribution in [2.75, 3.05) is 0 Å². The van der Waals surface area contributed by atoms with Gasteiger partial charge in [-0.2, -0.15) is 10.5 Å². The minimum Gasteiger partial charge on any atom is -0.770 e. The van der Waals surface area contributed by atoms with Gasteiger partial charge in [-0.3, -0.25) is 4.98 Å². The summed E-state index contributed by atoms with van der Waals surface area (Å²) in [4.78, 5) is 4.06. The van der Waals surface area contributed by atoms with Gasteiger partial charge in [0.1, 0.15) is 0 Å². The molecule has 1 radical (unpaired) electrons. The van der Waals surface area contributed by atoms with E-state index in [2.05, 4.69) is 48.4 Å². The van der Waals surface area contributed by atoms with Crippen LogP contribution in [0.4, 0.5) is 0 Å². The van der Waals surface area contributed by atoms with E-state index in [0.29, 0.717) is 0 Å². The molecule has 2 aromatic heterocycles. The van der Waals surface area contributed by atoms with Crippen LogP contribution in [0, 0.1) is 28.7 Å². The van der Waals surface area contributed by atoms with Gasteiger partial charge in [-0.25, -0.2) is 0 Å². The van der Waals surface area contributed by atoms with E-state index in [-0.39, 0.29) is 26.9 Å². The van der Waals surface area contributed by atoms with E-state index in [1.54, 1.807) is 18.3 Å². The molecule has 0 unspecified atom stereocenters. The SMILES string of the molecule is N#C/C([S-])=C(/[S-])C#N.[Cu].[c-]1cccc2ccn3ccnc3c12. The molecule has 0 aliphatic heterocycles. The number of benzene rings is 1. The van der Waals surface area contributed by atoms with Gasteiger partial charge in [-0.15, -0.1) is 44.8 Å². The molecule has 0 bridgehead atoms. The second kappa shape index (κ2) is 8.33. The van der Waals surface area contributed by atoms with Crippen molar-refractivity contribution in [1.29, 1.82) is 10.5 Å². The normalized spacial score (nSPS) is 10.5. The van der Waals surface area contributed by atoms with Gasteiger partial charge in [-0.05, 0) is 6.20 Å². The van der Waals surface area contributed by atoms with E-state index in [1.807, 2.05) is 28.9 Å². The summed E-state index contributed by atoms with van der Waals surface area (Å²) < 4.78 is 2.00. The summed E-state index contributed by atoms with van der Waals surface area (Å²) in [5.74, 6) is 0. The van der Waals surface area contributed by atoms with Crippen molar-refractivity contribution in [3.8, 4) is 12.1 Å². The van der Waals surface area contributed by atoms with Crippen LogP contribution in [0.2, 0.25) is 0 Å². The third kappa shape index (κ3) is 3.94. The summed E-state index contributed by atoms with van der Waals surface area (Å²) in [6.45, 7) is 0. The zero-order chi connectivity index (χ0) is 15.2. The first-order valence-corrected chi connectivity index (χ1v) is 6.59. The van der Waals surface area contributed by atoms with Crippen LogP contribution in [0.5, 0.6) is 0 Å². The van der Waals surface area contributed by atoms with Crippen LogP contribution in [0.3, 0.4) is 0 Å². The number of hydrogen-bond acceptors (Lipinski definition) is 5. The molecule has 0 aliphatic carbocycles. The van der Waals surface area contributed by atoms with E-state index in [0.717, 1.165) is 11.0 Å². The average molecular weight is 371 g/mol. The number of aromatic nitrogens is 2. The maximum absolute atomic E-state index is 8.01. The Morgan fingerprint density at radius 3 is 2.45 bits per heavy atom. The van der Waals surface area contributed by atoms with Gasteiger partial charge in [0.2, 0.25) is 0 Å². The third-order valence-electron chi connectivity index (χ3n) is 2.60. The Bertz CT molecular complexity index is 881. The predicted molar refractivity (Wildman–Crippen MR) is 84.5 cm³/mol. The van der Waals surface area contributed by atoms with Crippen LogP contribution in [-0.4, -0.2) is 9.38 Å². The summed E-state index contributed by atoms with van der Waals surface area (Å²) in [6.07, 6.45) is 5.75. The van der Waals surface area contributed by atoms with Gasteiger partial charge in [-0.1, -0.05) is 6.07 Å². The molecule has 0 fully saturated rings. The monoisotopic (exact) mass is 370 g/mol. The van der Waals surface area contributed by atoms with Crippen LogP contribution in [-0.2, 0) is 42.3 Å². The average Bonchev–Trinajstić information content (AvgIpc) is 3.03. The second-order valence-electron chi connectivity index (χ2n) is 3.86. The summed E-state index contributed by atoms with van der Waals surface area (Å²) in [6, 6.07) is 14.4. The molecule has 0 spiro atoms. The van der Waals surface area contributed by atoms with Crippen molar-refractivity contribution in [3.05, 3.63) is 58.7 Å². The van der Waals surface area contributed by atoms with Gasteiger partial charge < -0.3 is 29.7 Å². The summed E-state index contributed by atoms with van der Waals surface area (Å²) in [5, 5.41) is 18.3. The molecule has 1 aromatic carbocycles. The van der Waals surface area contributed by atoms with Crippen LogP contribution in [0.25, 0.3) is 16.4 Å². The van der Waals surface area contributed by atoms with Crippen molar-refractivity contribution in [3.63, 3.8) is 0 Å². The van der Waals surface area contributed by atoms with Gasteiger partial charge in [0.05, 0.1) is 17.8 Å². The maximum Gasteiger partial charge on any atom is 0.0694 e. The predicted octanol–water partition coefficient (Wildman–Crippen LogP) is 2.62. The first kappa shape index (κ1) is 17.9. The molecule has 22 heavy (non-hydrogen) atoms. The van der Waals surface area contributed by atoms with E-state index in [9.17, 15) is 0 Å². The number of allylic oxidation sites excluding steroid dienone is 2. The molecule has 0 saturated carbocycles. The number of hydrogen-bond donors (Lipinski definition) is 0. The van der Waals surface area contributed by atoms with Crippen molar-refractivity contribution in [2.24, 2.45) is 0 Å². The molecule has 0 atom stereocenters. The molecule has 113 valence electrons. The number of nitrogens with zero attached hydrogens (tertiary/aromatic N) is 4. The zero-order valence-corrected chi connectivity index (χ0v) is 13.5. The summed E-state index contributed by atoms with van der Waals surface area (Å²) in [7, 11) is 0. The van der Waals surface area contributed by atoms with Gasteiger partial charge in [0.15, 0.2) is 0 Å². The molecule has 0 amide bonds. The van der Waals surface area contributed by atoms with Crippen molar-refractivity contribution >= 4 is 41.7 Å². The molecule has 4 nitrogen and oxygen atoms in total. The first-order chi connectivity index (χ1) is 10.2. The molecule has 0 saturated heterocycles. The minimum atomic E-state index is -0.109. The Kier molecular flexibility index (Phi) is 6.78. The summed E-state index contributed by atoms with van der Waals surface area (Å²) in [5.41, 5.74) is 0.970. The fourth-order valence-electron chi connectivity index (χ4n) is 1.67. The Hall–Kier alpha value is -2.15. The molecule has 3 rings (SSSR count). The summed E-state index contributed by atoms with van der Waals surface area (Å²) >= 11 is 8.70. The van der Waals surface area contributed by atoms with E-state index in [4.69, 9.17) is 10.5 Å². The fourth-order valence-corrected chi connectivity index (χ4v) is 1.76. The molecule has 0 N–H and O–H groups in total. The smallest absolute Gasteiger partial charge is 0.0694 e. The van der Waals surface area contributed by atoms with Crippen LogP contribution >= 0.6 is 0 Å². The Morgan fingerprint density at radius 2 is 1.82 bits per heavy atom. The largest absolute Gasteiger partial charge is 0.770 e. The van der Waals surface area contributed by atoms with Crippen LogP contribution in [0.15, 0.2) is 52.7 Å². The maximum atomic E-state index is 8.01. The molecule has 7 heteroatoms. The zero-order valence-electron chi connectivity index (χ0n) is 10.9. The standard InChI is InChI=1S/C11H7N2.C4H2N2S2.Cu/c1-2-4-10-9(3-1)5-7-13-8-6-12-11(10)13;5-1-3(7)4(8)2-6;/h1-3,5-8H;7-8H;/q-1;;/p-2/b;4-3-;. The van der Waals surface area contributed by atoms with E-state index >= 15 is 0 Å². The minimum absolute atomic E-state index is 0. The fraction of sp³-hybridized carbons (Fsp3) is 0. The van der Waals surface area contributed by atoms with E-state index in [1.165, 1.54) is 5.39 Å². The van der Waals surface area contributed by atoms with Crippen molar-refractivity contribution < 1.29 is 17.1 Å². The Balaban J connectivity index is 0.000000238. The van der Waals surface area contributed by atoms with Crippen molar-refractivity contribution in [2.45, 2.75) is 0 Å². The number of rotatable bonds is 0. The van der Waals surface area contributed by atoms with Gasteiger partial charge >= 0.3 is 0 Å². The molecular formula is C15H7CuN4S2-3. The molecular weight excluding hydrogens is 364 g/mol. The van der Waals surface area contributed by atoms with E-state index < -0.39 is 0 Å². The topological polar surface area (TPSA) is 64.9 Å². The number of imidazole rings is 1. The number of fused-ring (bicyclic) bond motifs is 3. The Morgan fingerprint density at radius 1 is 1.14 bits per heavy atom. The van der Waals surface area contributed by atoms with Gasteiger partial charge in [0.25, 0.3) is 0 Å². The van der Waals surface area contributed by atoms with Crippen LogP contribution < -0.4 is 0 Å². The molecule has 2 heterocycles. The number of nitriles is 2. The quantitative estimate of drug-likeness (QED) is 0.263. The Labute approximate surface area is 149 Å². The second-order valence-corrected chi connectivity index (χ2v) is 4.67.